The highest BCUT2D eigenvalue weighted by Crippen LogP contribution is 2.16. The summed E-state index contributed by atoms with van der Waals surface area (Å²) in [6, 6.07) is 23.9. The number of benzene rings is 3. The van der Waals surface area contributed by atoms with Gasteiger partial charge in [0.2, 0.25) is 5.91 Å². The molecule has 0 aromatic heterocycles. The van der Waals surface area contributed by atoms with Crippen LogP contribution in [0.2, 0.25) is 0 Å². The molecular formula is C22H18IN3O2S. The first-order valence-corrected chi connectivity index (χ1v) is 10.3. The minimum Gasteiger partial charge on any atom is -0.332 e. The van der Waals surface area contributed by atoms with Crippen molar-refractivity contribution in [1.82, 2.24) is 5.32 Å². The topological polar surface area (TPSA) is 70.2 Å². The van der Waals surface area contributed by atoms with Gasteiger partial charge >= 0.3 is 0 Å². The molecule has 2 amide bonds. The molecule has 3 aromatic rings. The lowest BCUT2D eigenvalue weighted by Crippen LogP contribution is -2.34. The lowest BCUT2D eigenvalue weighted by Gasteiger charge is -2.12. The molecule has 3 aromatic carbocycles. The second kappa shape index (κ2) is 10.1. The first kappa shape index (κ1) is 20.9. The highest BCUT2D eigenvalue weighted by molar-refractivity contribution is 14.1. The molecule has 0 aliphatic rings. The number of carbonyl (C=O) groups is 2. The van der Waals surface area contributed by atoms with E-state index in [0.29, 0.717) is 23.4 Å². The number of anilines is 2. The summed E-state index contributed by atoms with van der Waals surface area (Å²) in [4.78, 5) is 24.6. The van der Waals surface area contributed by atoms with Crippen LogP contribution >= 0.6 is 34.8 Å². The Morgan fingerprint density at radius 2 is 1.48 bits per heavy atom. The lowest BCUT2D eigenvalue weighted by atomic mass is 10.1. The molecule has 5 nitrogen and oxygen atoms in total. The molecule has 3 N–H and O–H groups in total. The van der Waals surface area contributed by atoms with Gasteiger partial charge in [0, 0.05) is 14.9 Å². The number of amides is 2. The van der Waals surface area contributed by atoms with Crippen molar-refractivity contribution >= 4 is 63.1 Å². The largest absolute Gasteiger partial charge is 0.332 e. The van der Waals surface area contributed by atoms with Crippen molar-refractivity contribution < 1.29 is 9.59 Å². The van der Waals surface area contributed by atoms with Gasteiger partial charge in [-0.1, -0.05) is 48.5 Å². The van der Waals surface area contributed by atoms with Crippen LogP contribution in [-0.4, -0.2) is 16.9 Å². The van der Waals surface area contributed by atoms with Gasteiger partial charge in [0.15, 0.2) is 5.11 Å². The molecule has 0 fully saturated rings. The third-order valence-corrected chi connectivity index (χ3v) is 5.10. The van der Waals surface area contributed by atoms with Crippen molar-refractivity contribution in [2.24, 2.45) is 0 Å². The van der Waals surface area contributed by atoms with E-state index in [9.17, 15) is 9.59 Å². The van der Waals surface area contributed by atoms with Crippen LogP contribution in [0.1, 0.15) is 15.9 Å². The molecule has 3 rings (SSSR count). The minimum absolute atomic E-state index is 0.108. The molecule has 146 valence electrons. The Bertz CT molecular complexity index is 1040. The predicted molar refractivity (Wildman–Crippen MR) is 128 cm³/mol. The average Bonchev–Trinajstić information content (AvgIpc) is 2.69. The molecule has 0 heterocycles. The van der Waals surface area contributed by atoms with Crippen molar-refractivity contribution in [1.29, 1.82) is 0 Å². The fourth-order valence-electron chi connectivity index (χ4n) is 2.64. The maximum Gasteiger partial charge on any atom is 0.258 e. The van der Waals surface area contributed by atoms with Crippen LogP contribution in [0.3, 0.4) is 0 Å². The maximum absolute atomic E-state index is 12.4. The third kappa shape index (κ3) is 6.37. The standard InChI is InChI=1S/C22H18IN3O2S/c23-19-12-5-4-11-18(19)21(28)26-22(29)25-17-10-6-9-16(14-17)24-20(27)13-15-7-2-1-3-8-15/h1-12,14H,13H2,(H,24,27)(H2,25,26,28,29). The van der Waals surface area contributed by atoms with Gasteiger partial charge in [-0.25, -0.2) is 0 Å². The van der Waals surface area contributed by atoms with Gasteiger partial charge in [0.25, 0.3) is 5.91 Å². The van der Waals surface area contributed by atoms with Crippen molar-refractivity contribution in [3.8, 4) is 0 Å². The Labute approximate surface area is 188 Å². The first-order valence-electron chi connectivity index (χ1n) is 8.82. The zero-order chi connectivity index (χ0) is 20.6. The summed E-state index contributed by atoms with van der Waals surface area (Å²) in [6.45, 7) is 0. The summed E-state index contributed by atoms with van der Waals surface area (Å²) < 4.78 is 0.841. The number of halogens is 1. The smallest absolute Gasteiger partial charge is 0.258 e. The highest BCUT2D eigenvalue weighted by atomic mass is 127. The highest BCUT2D eigenvalue weighted by Gasteiger charge is 2.11. The normalized spacial score (nSPS) is 10.1. The number of rotatable bonds is 5. The fourth-order valence-corrected chi connectivity index (χ4v) is 3.48. The average molecular weight is 515 g/mol. The van der Waals surface area contributed by atoms with Gasteiger partial charge in [-0.2, -0.15) is 0 Å². The summed E-state index contributed by atoms with van der Waals surface area (Å²) in [5.41, 5.74) is 2.80. The molecule has 29 heavy (non-hydrogen) atoms. The summed E-state index contributed by atoms with van der Waals surface area (Å²) in [5.74, 6) is -0.386. The molecule has 0 saturated carbocycles. The van der Waals surface area contributed by atoms with E-state index in [1.807, 2.05) is 42.5 Å². The predicted octanol–water partition coefficient (Wildman–Crippen LogP) is 4.60. The molecule has 7 heteroatoms. The number of nitrogens with one attached hydrogen (secondary N) is 3. The van der Waals surface area contributed by atoms with Crippen LogP contribution in [0.25, 0.3) is 0 Å². The Morgan fingerprint density at radius 3 is 2.21 bits per heavy atom. The summed E-state index contributed by atoms with van der Waals surface area (Å²) in [7, 11) is 0. The maximum atomic E-state index is 12.4. The Balaban J connectivity index is 1.58. The Hall–Kier alpha value is -2.78. The van der Waals surface area contributed by atoms with Crippen LogP contribution in [0, 0.1) is 3.57 Å². The van der Waals surface area contributed by atoms with E-state index in [4.69, 9.17) is 12.2 Å². The zero-order valence-electron chi connectivity index (χ0n) is 15.3. The number of thiocarbonyl (C=S) groups is 1. The first-order chi connectivity index (χ1) is 14.0. The monoisotopic (exact) mass is 515 g/mol. The van der Waals surface area contributed by atoms with E-state index in [2.05, 4.69) is 38.5 Å². The zero-order valence-corrected chi connectivity index (χ0v) is 18.3. The van der Waals surface area contributed by atoms with Crippen LogP contribution in [-0.2, 0) is 11.2 Å². The van der Waals surface area contributed by atoms with Crippen LogP contribution in [0.4, 0.5) is 11.4 Å². The Kier molecular flexibility index (Phi) is 7.31. The fraction of sp³-hybridized carbons (Fsp3) is 0.0455. The molecule has 0 spiro atoms. The van der Waals surface area contributed by atoms with E-state index in [0.717, 1.165) is 9.13 Å². The van der Waals surface area contributed by atoms with Gasteiger partial charge in [0.1, 0.15) is 0 Å². The molecular weight excluding hydrogens is 497 g/mol. The minimum atomic E-state index is -0.278. The van der Waals surface area contributed by atoms with Crippen molar-refractivity contribution in [2.45, 2.75) is 6.42 Å². The van der Waals surface area contributed by atoms with E-state index < -0.39 is 0 Å². The van der Waals surface area contributed by atoms with E-state index in [1.54, 1.807) is 36.4 Å². The van der Waals surface area contributed by atoms with Gasteiger partial charge in [-0.15, -0.1) is 0 Å². The van der Waals surface area contributed by atoms with Crippen LogP contribution < -0.4 is 16.0 Å². The quantitative estimate of drug-likeness (QED) is 0.343. The van der Waals surface area contributed by atoms with E-state index >= 15 is 0 Å². The summed E-state index contributed by atoms with van der Waals surface area (Å²) in [5, 5.41) is 8.69. The molecule has 0 atom stereocenters. The summed E-state index contributed by atoms with van der Waals surface area (Å²) in [6.07, 6.45) is 0.294. The van der Waals surface area contributed by atoms with Gasteiger partial charge in [-0.05, 0) is 70.7 Å². The Morgan fingerprint density at radius 1 is 0.828 bits per heavy atom. The van der Waals surface area contributed by atoms with Crippen LogP contribution in [0.15, 0.2) is 78.9 Å². The van der Waals surface area contributed by atoms with Crippen LogP contribution in [0.5, 0.6) is 0 Å². The number of hydrogen-bond acceptors (Lipinski definition) is 3. The van der Waals surface area contributed by atoms with E-state index in [-0.39, 0.29) is 16.9 Å². The molecule has 0 bridgehead atoms. The second-order valence-electron chi connectivity index (χ2n) is 6.18. The SMILES string of the molecule is O=C(Cc1ccccc1)Nc1cccc(NC(=S)NC(=O)c2ccccc2I)c1. The molecule has 0 saturated heterocycles. The third-order valence-electron chi connectivity index (χ3n) is 3.96. The van der Waals surface area contributed by atoms with Crippen molar-refractivity contribution in [3.05, 3.63) is 93.6 Å². The van der Waals surface area contributed by atoms with E-state index in [1.165, 1.54) is 0 Å². The second-order valence-corrected chi connectivity index (χ2v) is 7.75. The van der Waals surface area contributed by atoms with Gasteiger partial charge < -0.3 is 10.6 Å². The molecule has 0 radical (unpaired) electrons. The van der Waals surface area contributed by atoms with Gasteiger partial charge in [-0.3, -0.25) is 14.9 Å². The van der Waals surface area contributed by atoms with Gasteiger partial charge in [0.05, 0.1) is 12.0 Å². The van der Waals surface area contributed by atoms with Crippen molar-refractivity contribution in [2.75, 3.05) is 10.6 Å². The molecule has 0 aliphatic carbocycles. The number of carbonyl (C=O) groups excluding carboxylic acids is 2. The summed E-state index contributed by atoms with van der Waals surface area (Å²) >= 11 is 7.34. The molecule has 0 unspecified atom stereocenters. The number of hydrogen-bond donors (Lipinski definition) is 3. The molecule has 0 aliphatic heterocycles. The lowest BCUT2D eigenvalue weighted by molar-refractivity contribution is -0.115. The van der Waals surface area contributed by atoms with Crippen molar-refractivity contribution in [3.63, 3.8) is 0 Å².